The van der Waals surface area contributed by atoms with Gasteiger partial charge in [0, 0.05) is 41.5 Å². The summed E-state index contributed by atoms with van der Waals surface area (Å²) < 4.78 is 0. The molecule has 2 aromatic carbocycles. The molecule has 1 amide bonds. The van der Waals surface area contributed by atoms with Crippen molar-refractivity contribution in [1.82, 2.24) is 10.2 Å². The summed E-state index contributed by atoms with van der Waals surface area (Å²) in [5, 5.41) is 18.4. The second kappa shape index (κ2) is 9.19. The van der Waals surface area contributed by atoms with E-state index < -0.39 is 4.92 Å². The summed E-state index contributed by atoms with van der Waals surface area (Å²) in [7, 11) is 1.75. The molecule has 1 saturated carbocycles. The molecular formula is C20H21ClN4O3S. The molecule has 0 radical (unpaired) electrons. The number of hydrogen-bond acceptors (Lipinski definition) is 4. The fraction of sp³-hybridized carbons (Fsp3) is 0.300. The van der Waals surface area contributed by atoms with Gasteiger partial charge in [-0.25, -0.2) is 0 Å². The van der Waals surface area contributed by atoms with Gasteiger partial charge in [-0.15, -0.1) is 0 Å². The minimum atomic E-state index is -0.483. The van der Waals surface area contributed by atoms with E-state index in [0.29, 0.717) is 15.7 Å². The Balaban J connectivity index is 1.62. The predicted molar refractivity (Wildman–Crippen MR) is 117 cm³/mol. The zero-order chi connectivity index (χ0) is 21.0. The van der Waals surface area contributed by atoms with Crippen molar-refractivity contribution in [1.29, 1.82) is 0 Å². The summed E-state index contributed by atoms with van der Waals surface area (Å²) in [6.45, 7) is 0. The minimum Gasteiger partial charge on any atom is -0.358 e. The summed E-state index contributed by atoms with van der Waals surface area (Å²) in [4.78, 5) is 24.8. The topological polar surface area (TPSA) is 87.5 Å². The fourth-order valence-corrected chi connectivity index (χ4v) is 3.92. The van der Waals surface area contributed by atoms with Crippen molar-refractivity contribution in [2.75, 3.05) is 12.4 Å². The van der Waals surface area contributed by atoms with Gasteiger partial charge in [0.15, 0.2) is 5.11 Å². The third-order valence-corrected chi connectivity index (χ3v) is 5.51. The number of non-ortho nitro benzene ring substituents is 1. The van der Waals surface area contributed by atoms with Crippen LogP contribution in [-0.4, -0.2) is 40.0 Å². The predicted octanol–water partition coefficient (Wildman–Crippen LogP) is 4.23. The number of thiocarbonyl (C=S) groups is 1. The van der Waals surface area contributed by atoms with E-state index in [9.17, 15) is 14.9 Å². The molecule has 2 N–H and O–H groups in total. The zero-order valence-corrected chi connectivity index (χ0v) is 17.4. The summed E-state index contributed by atoms with van der Waals surface area (Å²) in [6, 6.07) is 12.9. The summed E-state index contributed by atoms with van der Waals surface area (Å²) in [6.07, 6.45) is 2.73. The SMILES string of the molecule is CN(C(=O)c1ccc([N+](=O)[O-])cc1)C1CCCC1NC(=S)Nc1ccc(Cl)cc1. The van der Waals surface area contributed by atoms with Gasteiger partial charge in [0.05, 0.1) is 11.0 Å². The van der Waals surface area contributed by atoms with Crippen LogP contribution in [0, 0.1) is 10.1 Å². The quantitative estimate of drug-likeness (QED) is 0.417. The Labute approximate surface area is 179 Å². The van der Waals surface area contributed by atoms with Gasteiger partial charge in [-0.1, -0.05) is 11.6 Å². The van der Waals surface area contributed by atoms with Crippen molar-refractivity contribution >= 4 is 46.2 Å². The summed E-state index contributed by atoms with van der Waals surface area (Å²) >= 11 is 11.3. The van der Waals surface area contributed by atoms with Gasteiger partial charge in [0.25, 0.3) is 11.6 Å². The highest BCUT2D eigenvalue weighted by Gasteiger charge is 2.33. The highest BCUT2D eigenvalue weighted by Crippen LogP contribution is 2.25. The van der Waals surface area contributed by atoms with Gasteiger partial charge >= 0.3 is 0 Å². The molecule has 1 aliphatic carbocycles. The maximum atomic E-state index is 12.8. The van der Waals surface area contributed by atoms with Crippen LogP contribution in [0.15, 0.2) is 48.5 Å². The highest BCUT2D eigenvalue weighted by atomic mass is 35.5. The molecule has 0 aromatic heterocycles. The monoisotopic (exact) mass is 432 g/mol. The van der Waals surface area contributed by atoms with Gasteiger partial charge in [0.2, 0.25) is 0 Å². The molecule has 0 spiro atoms. The van der Waals surface area contributed by atoms with Crippen molar-refractivity contribution in [3.05, 3.63) is 69.2 Å². The minimum absolute atomic E-state index is 0.0225. The molecule has 2 atom stereocenters. The Morgan fingerprint density at radius 2 is 1.83 bits per heavy atom. The lowest BCUT2D eigenvalue weighted by atomic mass is 10.1. The Hall–Kier alpha value is -2.71. The number of nitro groups is 1. The summed E-state index contributed by atoms with van der Waals surface area (Å²) in [5.74, 6) is -0.171. The fourth-order valence-electron chi connectivity index (χ4n) is 3.52. The van der Waals surface area contributed by atoms with Crippen LogP contribution in [-0.2, 0) is 0 Å². The van der Waals surface area contributed by atoms with Crippen LogP contribution >= 0.6 is 23.8 Å². The molecule has 7 nitrogen and oxygen atoms in total. The molecule has 2 aromatic rings. The third kappa shape index (κ3) is 5.21. The Morgan fingerprint density at radius 3 is 2.45 bits per heavy atom. The maximum absolute atomic E-state index is 12.8. The van der Waals surface area contributed by atoms with Crippen LogP contribution in [0.4, 0.5) is 11.4 Å². The van der Waals surface area contributed by atoms with Gasteiger partial charge in [-0.3, -0.25) is 14.9 Å². The Bertz CT molecular complexity index is 905. The van der Waals surface area contributed by atoms with Crippen molar-refractivity contribution in [3.63, 3.8) is 0 Å². The first-order valence-electron chi connectivity index (χ1n) is 9.20. The largest absolute Gasteiger partial charge is 0.358 e. The number of amides is 1. The van der Waals surface area contributed by atoms with Gasteiger partial charge in [-0.05, 0) is 67.9 Å². The summed E-state index contributed by atoms with van der Waals surface area (Å²) in [5.41, 5.74) is 1.21. The molecule has 1 aliphatic rings. The number of rotatable bonds is 5. The van der Waals surface area contributed by atoms with Crippen LogP contribution in [0.5, 0.6) is 0 Å². The molecule has 0 saturated heterocycles. The molecule has 1 fully saturated rings. The van der Waals surface area contributed by atoms with E-state index in [2.05, 4.69) is 10.6 Å². The van der Waals surface area contributed by atoms with Crippen molar-refractivity contribution < 1.29 is 9.72 Å². The van der Waals surface area contributed by atoms with Crippen molar-refractivity contribution in [2.24, 2.45) is 0 Å². The second-order valence-corrected chi connectivity index (χ2v) is 7.77. The number of carbonyl (C=O) groups excluding carboxylic acids is 1. The van der Waals surface area contributed by atoms with Crippen molar-refractivity contribution in [3.8, 4) is 0 Å². The standard InChI is InChI=1S/C20H21ClN4O3S/c1-24(19(26)13-5-11-16(12-6-13)25(27)28)18-4-2-3-17(18)23-20(29)22-15-9-7-14(21)8-10-15/h5-12,17-18H,2-4H2,1H3,(H2,22,23,29). The van der Waals surface area contributed by atoms with Crippen LogP contribution in [0.1, 0.15) is 29.6 Å². The van der Waals surface area contributed by atoms with Gasteiger partial charge in [0.1, 0.15) is 0 Å². The smallest absolute Gasteiger partial charge is 0.269 e. The van der Waals surface area contributed by atoms with Crippen LogP contribution in [0.3, 0.4) is 0 Å². The first-order valence-corrected chi connectivity index (χ1v) is 9.98. The highest BCUT2D eigenvalue weighted by molar-refractivity contribution is 7.80. The first-order chi connectivity index (χ1) is 13.8. The molecule has 0 bridgehead atoms. The molecule has 29 heavy (non-hydrogen) atoms. The lowest BCUT2D eigenvalue weighted by Crippen LogP contribution is -2.50. The molecule has 9 heteroatoms. The third-order valence-electron chi connectivity index (χ3n) is 5.04. The molecule has 152 valence electrons. The Morgan fingerprint density at radius 1 is 1.17 bits per heavy atom. The van der Waals surface area contributed by atoms with E-state index in [1.54, 1.807) is 24.1 Å². The number of anilines is 1. The second-order valence-electron chi connectivity index (χ2n) is 6.93. The average Bonchev–Trinajstić information content (AvgIpc) is 3.16. The zero-order valence-electron chi connectivity index (χ0n) is 15.8. The molecule has 0 aliphatic heterocycles. The van der Waals surface area contributed by atoms with Crippen LogP contribution in [0.2, 0.25) is 5.02 Å². The first kappa shape index (κ1) is 21.0. The molecular weight excluding hydrogens is 412 g/mol. The number of carbonyl (C=O) groups is 1. The number of nitrogens with one attached hydrogen (secondary N) is 2. The average molecular weight is 433 g/mol. The number of hydrogen-bond donors (Lipinski definition) is 2. The molecule has 0 heterocycles. The van der Waals surface area contributed by atoms with Crippen LogP contribution in [0.25, 0.3) is 0 Å². The van der Waals surface area contributed by atoms with E-state index in [1.165, 1.54) is 24.3 Å². The molecule has 2 unspecified atom stereocenters. The maximum Gasteiger partial charge on any atom is 0.269 e. The lowest BCUT2D eigenvalue weighted by Gasteiger charge is -2.31. The lowest BCUT2D eigenvalue weighted by molar-refractivity contribution is -0.384. The number of nitro benzene ring substituents is 1. The number of benzene rings is 2. The Kier molecular flexibility index (Phi) is 6.66. The van der Waals surface area contributed by atoms with Gasteiger partial charge in [-0.2, -0.15) is 0 Å². The number of likely N-dealkylation sites (N-methyl/N-ethyl adjacent to an activating group) is 1. The number of halogens is 1. The van der Waals surface area contributed by atoms with E-state index >= 15 is 0 Å². The van der Waals surface area contributed by atoms with E-state index in [1.807, 2.05) is 12.1 Å². The number of nitrogens with zero attached hydrogens (tertiary/aromatic N) is 2. The normalized spacial score (nSPS) is 18.1. The van der Waals surface area contributed by atoms with Crippen LogP contribution < -0.4 is 10.6 Å². The van der Waals surface area contributed by atoms with E-state index in [0.717, 1.165) is 24.9 Å². The van der Waals surface area contributed by atoms with E-state index in [-0.39, 0.29) is 23.7 Å². The van der Waals surface area contributed by atoms with Gasteiger partial charge < -0.3 is 15.5 Å². The van der Waals surface area contributed by atoms with E-state index in [4.69, 9.17) is 23.8 Å². The van der Waals surface area contributed by atoms with Crippen molar-refractivity contribution in [2.45, 2.75) is 31.3 Å². The molecule has 3 rings (SSSR count).